The van der Waals surface area contributed by atoms with Crippen LogP contribution in [0.3, 0.4) is 0 Å². The molecule has 0 aliphatic carbocycles. The van der Waals surface area contributed by atoms with Crippen LogP contribution >= 0.6 is 0 Å². The van der Waals surface area contributed by atoms with Crippen molar-refractivity contribution in [3.63, 3.8) is 0 Å². The van der Waals surface area contributed by atoms with Gasteiger partial charge >= 0.3 is 18.2 Å². The smallest absolute Gasteiger partial charge is 0.411 e. The van der Waals surface area contributed by atoms with Gasteiger partial charge in [0.1, 0.15) is 23.3 Å². The molecular formula is C18H31N3O7. The van der Waals surface area contributed by atoms with Crippen molar-refractivity contribution in [3.8, 4) is 0 Å². The van der Waals surface area contributed by atoms with E-state index in [0.717, 1.165) is 4.90 Å². The largest absolute Gasteiger partial charge is 0.480 e. The number of nitrogens with zero attached hydrogens (tertiary/aromatic N) is 1. The molecular weight excluding hydrogens is 370 g/mol. The topological polar surface area (TPSA) is 134 Å². The molecule has 1 heterocycles. The van der Waals surface area contributed by atoms with Gasteiger partial charge in [-0.05, 0) is 48.5 Å². The number of hydrogen-bond donors (Lipinski definition) is 3. The summed E-state index contributed by atoms with van der Waals surface area (Å²) >= 11 is 0. The molecule has 1 saturated heterocycles. The van der Waals surface area contributed by atoms with Gasteiger partial charge in [-0.2, -0.15) is 0 Å². The fraction of sp³-hybridized carbons (Fsp3) is 0.778. The van der Waals surface area contributed by atoms with Crippen LogP contribution < -0.4 is 10.6 Å². The first-order valence-electron chi connectivity index (χ1n) is 9.11. The molecule has 1 aliphatic rings. The SMILES string of the molecule is C[C@@H](NC(=O)OC(C)(C)C)C(=O)N[C@H]1C[C@H](C(=O)O)N(C(=O)OC(C)(C)C)C1. The second-order valence-corrected chi connectivity index (χ2v) is 8.80. The average Bonchev–Trinajstić information content (AvgIpc) is 2.87. The van der Waals surface area contributed by atoms with Crippen molar-refractivity contribution in [2.75, 3.05) is 6.54 Å². The Kier molecular flexibility index (Phi) is 7.27. The Morgan fingerprint density at radius 2 is 1.57 bits per heavy atom. The third kappa shape index (κ3) is 7.61. The number of alkyl carbamates (subject to hydrolysis) is 1. The Balaban J connectivity index is 2.68. The van der Waals surface area contributed by atoms with Crippen molar-refractivity contribution in [1.82, 2.24) is 15.5 Å². The van der Waals surface area contributed by atoms with Gasteiger partial charge in [0.2, 0.25) is 5.91 Å². The number of rotatable bonds is 4. The van der Waals surface area contributed by atoms with Crippen LogP contribution in [0.1, 0.15) is 54.9 Å². The molecule has 160 valence electrons. The third-order valence-corrected chi connectivity index (χ3v) is 3.69. The van der Waals surface area contributed by atoms with Gasteiger partial charge in [0.05, 0.1) is 0 Å². The highest BCUT2D eigenvalue weighted by atomic mass is 16.6. The number of carbonyl (C=O) groups excluding carboxylic acids is 3. The molecule has 1 rings (SSSR count). The lowest BCUT2D eigenvalue weighted by Gasteiger charge is -2.26. The molecule has 0 bridgehead atoms. The van der Waals surface area contributed by atoms with Crippen molar-refractivity contribution in [2.45, 2.75) is 84.2 Å². The van der Waals surface area contributed by atoms with Gasteiger partial charge in [0.25, 0.3) is 0 Å². The first kappa shape index (κ1) is 23.5. The van der Waals surface area contributed by atoms with Gasteiger partial charge in [-0.3, -0.25) is 9.69 Å². The molecule has 3 N–H and O–H groups in total. The van der Waals surface area contributed by atoms with Crippen LogP contribution in [0.25, 0.3) is 0 Å². The molecule has 3 atom stereocenters. The molecule has 0 aromatic rings. The summed E-state index contributed by atoms with van der Waals surface area (Å²) < 4.78 is 10.3. The van der Waals surface area contributed by atoms with E-state index in [9.17, 15) is 24.3 Å². The maximum atomic E-state index is 12.3. The number of hydrogen-bond acceptors (Lipinski definition) is 6. The fourth-order valence-corrected chi connectivity index (χ4v) is 2.57. The number of likely N-dealkylation sites (tertiary alicyclic amines) is 1. The van der Waals surface area contributed by atoms with Gasteiger partial charge in [-0.15, -0.1) is 0 Å². The van der Waals surface area contributed by atoms with Crippen LogP contribution in [0.4, 0.5) is 9.59 Å². The molecule has 3 amide bonds. The minimum atomic E-state index is -1.18. The summed E-state index contributed by atoms with van der Waals surface area (Å²) in [6.07, 6.45) is -1.45. The summed E-state index contributed by atoms with van der Waals surface area (Å²) in [5, 5.41) is 14.5. The van der Waals surface area contributed by atoms with E-state index in [1.54, 1.807) is 41.5 Å². The van der Waals surface area contributed by atoms with Crippen molar-refractivity contribution >= 4 is 24.1 Å². The highest BCUT2D eigenvalue weighted by Gasteiger charge is 2.42. The molecule has 1 fully saturated rings. The zero-order valence-electron chi connectivity index (χ0n) is 17.5. The van der Waals surface area contributed by atoms with E-state index in [1.165, 1.54) is 6.92 Å². The lowest BCUT2D eigenvalue weighted by atomic mass is 10.1. The summed E-state index contributed by atoms with van der Waals surface area (Å²) in [4.78, 5) is 48.9. The van der Waals surface area contributed by atoms with E-state index >= 15 is 0 Å². The van der Waals surface area contributed by atoms with Gasteiger partial charge in [-0.25, -0.2) is 14.4 Å². The molecule has 0 radical (unpaired) electrons. The molecule has 0 spiro atoms. The van der Waals surface area contributed by atoms with E-state index in [1.807, 2.05) is 0 Å². The van der Waals surface area contributed by atoms with Crippen molar-refractivity contribution in [2.24, 2.45) is 0 Å². The average molecular weight is 401 g/mol. The number of carboxylic acids is 1. The second kappa shape index (κ2) is 8.66. The van der Waals surface area contributed by atoms with Gasteiger partial charge in [0.15, 0.2) is 0 Å². The zero-order chi connectivity index (χ0) is 21.9. The van der Waals surface area contributed by atoms with E-state index in [2.05, 4.69) is 10.6 Å². The summed E-state index contributed by atoms with van der Waals surface area (Å²) in [6.45, 7) is 11.6. The quantitative estimate of drug-likeness (QED) is 0.649. The zero-order valence-corrected chi connectivity index (χ0v) is 17.5. The van der Waals surface area contributed by atoms with Gasteiger partial charge in [-0.1, -0.05) is 0 Å². The molecule has 10 heteroatoms. The minimum absolute atomic E-state index is 0.00320. The first-order chi connectivity index (χ1) is 12.6. The summed E-state index contributed by atoms with van der Waals surface area (Å²) in [5.41, 5.74) is -1.47. The maximum absolute atomic E-state index is 12.3. The molecule has 0 saturated carbocycles. The Labute approximate surface area is 164 Å². The number of carbonyl (C=O) groups is 4. The molecule has 0 unspecified atom stereocenters. The third-order valence-electron chi connectivity index (χ3n) is 3.69. The highest BCUT2D eigenvalue weighted by molar-refractivity contribution is 5.86. The van der Waals surface area contributed by atoms with Crippen LogP contribution in [-0.2, 0) is 19.1 Å². The number of aliphatic carboxylic acids is 1. The van der Waals surface area contributed by atoms with Crippen LogP contribution in [0.5, 0.6) is 0 Å². The molecule has 1 aliphatic heterocycles. The van der Waals surface area contributed by atoms with Crippen molar-refractivity contribution in [1.29, 1.82) is 0 Å². The normalized spacial score (nSPS) is 20.9. The Hall–Kier alpha value is -2.52. The Bertz CT molecular complexity index is 622. The number of amides is 3. The maximum Gasteiger partial charge on any atom is 0.411 e. The number of nitrogens with one attached hydrogen (secondary N) is 2. The van der Waals surface area contributed by atoms with Crippen LogP contribution in [0.15, 0.2) is 0 Å². The second-order valence-electron chi connectivity index (χ2n) is 8.80. The standard InChI is InChI=1S/C18H31N3O7/c1-10(19-15(25)27-17(2,3)4)13(22)20-11-8-12(14(23)24)21(9-11)16(26)28-18(5,6)7/h10-12H,8-9H2,1-7H3,(H,19,25)(H,20,22)(H,23,24)/t10-,11+,12-/m1/s1. The lowest BCUT2D eigenvalue weighted by molar-refractivity contribution is -0.142. The van der Waals surface area contributed by atoms with Crippen molar-refractivity contribution in [3.05, 3.63) is 0 Å². The minimum Gasteiger partial charge on any atom is -0.480 e. The van der Waals surface area contributed by atoms with Crippen LogP contribution in [0, 0.1) is 0 Å². The fourth-order valence-electron chi connectivity index (χ4n) is 2.57. The van der Waals surface area contributed by atoms with E-state index in [0.29, 0.717) is 0 Å². The number of ether oxygens (including phenoxy) is 2. The highest BCUT2D eigenvalue weighted by Crippen LogP contribution is 2.22. The molecule has 0 aromatic carbocycles. The molecule has 0 aromatic heterocycles. The summed E-state index contributed by atoms with van der Waals surface area (Å²) in [6, 6.07) is -2.58. The summed E-state index contributed by atoms with van der Waals surface area (Å²) in [7, 11) is 0. The number of carboxylic acid groups (broad SMARTS) is 1. The van der Waals surface area contributed by atoms with E-state index in [-0.39, 0.29) is 13.0 Å². The van der Waals surface area contributed by atoms with E-state index in [4.69, 9.17) is 9.47 Å². The molecule has 10 nitrogen and oxygen atoms in total. The lowest BCUT2D eigenvalue weighted by Crippen LogP contribution is -2.50. The van der Waals surface area contributed by atoms with E-state index < -0.39 is 53.4 Å². The van der Waals surface area contributed by atoms with Crippen molar-refractivity contribution < 1.29 is 33.8 Å². The molecule has 28 heavy (non-hydrogen) atoms. The van der Waals surface area contributed by atoms with Gasteiger partial charge < -0.3 is 25.2 Å². The predicted molar refractivity (Wildman–Crippen MR) is 99.7 cm³/mol. The summed E-state index contributed by atoms with van der Waals surface area (Å²) in [5.74, 6) is -1.69. The van der Waals surface area contributed by atoms with Gasteiger partial charge in [0, 0.05) is 19.0 Å². The van der Waals surface area contributed by atoms with Crippen LogP contribution in [-0.4, -0.2) is 69.9 Å². The monoisotopic (exact) mass is 401 g/mol. The first-order valence-corrected chi connectivity index (χ1v) is 9.11. The Morgan fingerprint density at radius 3 is 2.04 bits per heavy atom. The predicted octanol–water partition coefficient (Wildman–Crippen LogP) is 1.48. The van der Waals surface area contributed by atoms with Crippen LogP contribution in [0.2, 0.25) is 0 Å². The Morgan fingerprint density at radius 1 is 1.04 bits per heavy atom.